The molecule has 8 heterocycles. The second-order valence-corrected chi connectivity index (χ2v) is 16.8. The van der Waals surface area contributed by atoms with Crippen molar-refractivity contribution in [3.63, 3.8) is 0 Å². The molecule has 5 heteroatoms. The summed E-state index contributed by atoms with van der Waals surface area (Å²) in [6.45, 7) is 9.36. The van der Waals surface area contributed by atoms with Gasteiger partial charge in [0.05, 0.1) is 27.2 Å². The topological polar surface area (TPSA) is 15.7 Å². The number of benzene rings is 2. The molecule has 2 saturated carbocycles. The number of para-hydroxylation sites is 2. The van der Waals surface area contributed by atoms with E-state index < -0.39 is 11.4 Å². The second-order valence-electron chi connectivity index (χ2n) is 16.8. The van der Waals surface area contributed by atoms with Gasteiger partial charge in [-0.05, 0) is 48.3 Å². The Morgan fingerprint density at radius 2 is 1.13 bits per heavy atom. The molecule has 5 nitrogen and oxygen atoms in total. The van der Waals surface area contributed by atoms with Gasteiger partial charge in [0.1, 0.15) is 36.0 Å². The van der Waals surface area contributed by atoms with Gasteiger partial charge in [-0.3, -0.25) is 0 Å². The molecule has 12 rings (SSSR count). The van der Waals surface area contributed by atoms with Gasteiger partial charge in [0.15, 0.2) is 11.4 Å². The Hall–Kier alpha value is -3.12. The Bertz CT molecular complexity index is 1800. The van der Waals surface area contributed by atoms with Gasteiger partial charge in [-0.25, -0.2) is 0 Å². The van der Waals surface area contributed by atoms with Crippen LogP contribution in [0.4, 0.5) is 11.4 Å². The summed E-state index contributed by atoms with van der Waals surface area (Å²) >= 11 is 0. The van der Waals surface area contributed by atoms with Crippen molar-refractivity contribution in [3.8, 4) is 0 Å². The highest BCUT2D eigenvalue weighted by Gasteiger charge is 2.88. The summed E-state index contributed by atoms with van der Waals surface area (Å²) in [5.74, 6) is 0.841. The number of rotatable bonds is 0. The first-order valence-corrected chi connectivity index (χ1v) is 17.7. The fourth-order valence-electron chi connectivity index (χ4n) is 14.4. The molecule has 228 valence electrons. The maximum atomic E-state index is 8.68. The van der Waals surface area contributed by atoms with Gasteiger partial charge in [0, 0.05) is 72.4 Å². The average molecular weight is 597 g/mol. The maximum Gasteiger partial charge on any atom is 0.188 e. The van der Waals surface area contributed by atoms with Gasteiger partial charge in [-0.2, -0.15) is 0 Å². The van der Waals surface area contributed by atoms with Crippen LogP contribution in [-0.4, -0.2) is 72.8 Å². The molecule has 4 saturated heterocycles. The Morgan fingerprint density at radius 3 is 1.58 bits per heavy atom. The van der Waals surface area contributed by atoms with Gasteiger partial charge in [-0.1, -0.05) is 48.6 Å². The van der Waals surface area contributed by atoms with E-state index in [4.69, 9.17) is 4.74 Å². The SMILES string of the molecule is C/C=C1\C[N+]2(C)CCC34c5ccccc5N5C=C6C7CC8C9(CC[N+]8(C)C/C7=C\C)c7ccccc7N7C=C(C1CC32)C54OC679. The predicted molar refractivity (Wildman–Crippen MR) is 176 cm³/mol. The van der Waals surface area contributed by atoms with E-state index in [1.165, 1.54) is 74.4 Å². The van der Waals surface area contributed by atoms with Crippen LogP contribution in [-0.2, 0) is 15.6 Å². The quantitative estimate of drug-likeness (QED) is 0.270. The van der Waals surface area contributed by atoms with Gasteiger partial charge < -0.3 is 23.5 Å². The summed E-state index contributed by atoms with van der Waals surface area (Å²) in [4.78, 5) is 5.48. The first-order valence-electron chi connectivity index (χ1n) is 17.7. The third-order valence-electron chi connectivity index (χ3n) is 15.9. The number of quaternary nitrogens is 2. The summed E-state index contributed by atoms with van der Waals surface area (Å²) < 4.78 is 11.0. The number of allylic oxidation sites excluding steroid dienone is 2. The number of fused-ring (bicyclic) bond motifs is 8. The van der Waals surface area contributed by atoms with Crippen LogP contribution >= 0.6 is 0 Å². The van der Waals surface area contributed by atoms with Crippen LogP contribution in [0.15, 0.2) is 95.4 Å². The number of nitrogens with zero attached hydrogens (tertiary/aromatic N) is 4. The van der Waals surface area contributed by atoms with Crippen molar-refractivity contribution >= 4 is 11.4 Å². The van der Waals surface area contributed by atoms with Gasteiger partial charge in [0.2, 0.25) is 0 Å². The van der Waals surface area contributed by atoms with Crippen molar-refractivity contribution in [2.75, 3.05) is 50.1 Å². The van der Waals surface area contributed by atoms with E-state index in [2.05, 4.69) is 111 Å². The molecule has 0 aromatic heterocycles. The fraction of sp³-hybridized carbons (Fsp3) is 0.500. The molecule has 10 aliphatic rings. The van der Waals surface area contributed by atoms with Crippen LogP contribution in [0.25, 0.3) is 0 Å². The van der Waals surface area contributed by atoms with E-state index in [-0.39, 0.29) is 10.8 Å². The third kappa shape index (κ3) is 2.12. The molecule has 6 bridgehead atoms. The molecule has 10 unspecified atom stereocenters. The molecule has 2 aromatic carbocycles. The van der Waals surface area contributed by atoms with Crippen LogP contribution in [0.3, 0.4) is 0 Å². The third-order valence-corrected chi connectivity index (χ3v) is 15.9. The predicted octanol–water partition coefficient (Wildman–Crippen LogP) is 6.10. The number of anilines is 2. The monoisotopic (exact) mass is 596 g/mol. The van der Waals surface area contributed by atoms with Crippen molar-refractivity contribution < 1.29 is 13.7 Å². The van der Waals surface area contributed by atoms with Crippen molar-refractivity contribution in [1.29, 1.82) is 0 Å². The highest BCUT2D eigenvalue weighted by molar-refractivity contribution is 5.82. The van der Waals surface area contributed by atoms with Crippen LogP contribution < -0.4 is 9.80 Å². The zero-order chi connectivity index (χ0) is 29.9. The fourth-order valence-corrected chi connectivity index (χ4v) is 14.4. The van der Waals surface area contributed by atoms with Crippen molar-refractivity contribution in [2.45, 2.75) is 73.9 Å². The normalized spacial score (nSPS) is 51.1. The Morgan fingerprint density at radius 1 is 0.689 bits per heavy atom. The summed E-state index contributed by atoms with van der Waals surface area (Å²) in [6.07, 6.45) is 15.2. The van der Waals surface area contributed by atoms with Crippen molar-refractivity contribution in [2.24, 2.45) is 11.8 Å². The Labute approximate surface area is 266 Å². The zero-order valence-electron chi connectivity index (χ0n) is 27.1. The molecular weight excluding hydrogens is 552 g/mol. The van der Waals surface area contributed by atoms with E-state index in [1.807, 2.05) is 0 Å². The first kappa shape index (κ1) is 25.0. The molecule has 10 atom stereocenters. The smallest absolute Gasteiger partial charge is 0.188 e. The minimum Gasteiger partial charge on any atom is -0.319 e. The second kappa shape index (κ2) is 7.07. The highest BCUT2D eigenvalue weighted by Crippen LogP contribution is 2.79. The Kier molecular flexibility index (Phi) is 3.93. The highest BCUT2D eigenvalue weighted by atomic mass is 16.6. The zero-order valence-corrected chi connectivity index (χ0v) is 27.1. The van der Waals surface area contributed by atoms with E-state index >= 15 is 0 Å². The van der Waals surface area contributed by atoms with Crippen molar-refractivity contribution in [1.82, 2.24) is 0 Å². The lowest BCUT2D eigenvalue weighted by Gasteiger charge is -2.70. The summed E-state index contributed by atoms with van der Waals surface area (Å²) in [5, 5.41) is 0. The summed E-state index contributed by atoms with van der Waals surface area (Å²) in [5.41, 5.74) is 11.1. The minimum absolute atomic E-state index is 0.0640. The lowest BCUT2D eigenvalue weighted by atomic mass is 9.51. The number of hydrogen-bond donors (Lipinski definition) is 0. The number of ether oxygens (including phenoxy) is 1. The molecule has 2 aromatic rings. The average Bonchev–Trinajstić information content (AvgIpc) is 3.72. The van der Waals surface area contributed by atoms with E-state index in [1.54, 1.807) is 22.3 Å². The summed E-state index contributed by atoms with van der Waals surface area (Å²) in [7, 11) is 5.15. The van der Waals surface area contributed by atoms with E-state index in [9.17, 15) is 0 Å². The molecular formula is C40H44N4O+2. The lowest BCUT2D eigenvalue weighted by Crippen LogP contribution is -2.83. The number of piperidine rings is 2. The van der Waals surface area contributed by atoms with E-state index in [0.29, 0.717) is 23.9 Å². The molecule has 0 amide bonds. The van der Waals surface area contributed by atoms with Crippen LogP contribution in [0.2, 0.25) is 0 Å². The molecule has 6 fully saturated rings. The van der Waals surface area contributed by atoms with Crippen LogP contribution in [0.5, 0.6) is 0 Å². The van der Waals surface area contributed by atoms with Gasteiger partial charge >= 0.3 is 0 Å². The molecule has 4 spiro atoms. The minimum atomic E-state index is -0.502. The van der Waals surface area contributed by atoms with Gasteiger partial charge in [-0.15, -0.1) is 0 Å². The lowest BCUT2D eigenvalue weighted by molar-refractivity contribution is -0.925. The van der Waals surface area contributed by atoms with Gasteiger partial charge in [0.25, 0.3) is 0 Å². The first-order chi connectivity index (χ1) is 21.8. The van der Waals surface area contributed by atoms with Crippen LogP contribution in [0, 0.1) is 11.8 Å². The largest absolute Gasteiger partial charge is 0.319 e. The van der Waals surface area contributed by atoms with E-state index in [0.717, 1.165) is 8.97 Å². The maximum absolute atomic E-state index is 8.68. The molecule has 0 radical (unpaired) electrons. The number of likely N-dealkylation sites (N-methyl/N-ethyl adjacent to an activating group) is 2. The summed E-state index contributed by atoms with van der Waals surface area (Å²) in [6, 6.07) is 20.1. The molecule has 45 heavy (non-hydrogen) atoms. The van der Waals surface area contributed by atoms with Crippen molar-refractivity contribution in [3.05, 3.63) is 107 Å². The molecule has 0 N–H and O–H groups in total. The molecule has 2 aliphatic carbocycles. The standard InChI is InChI=1S/C40H44N4O/c1-5-25-23-43(3)17-15-37-29-11-7-10-14-34(29)42-22-32-28-20-36-38(16-18-44(36,4)24-26(28)6-2)30-12-8-9-13-33(30)41-21-31(27(25)19-35(37)43)39(37,42)45-40(32,38)41/h5-14,21-22,27-28,35-36H,15-20,23-24H2,1-4H3/q+2/b25-5+,26-6+. The number of hydrogen-bond acceptors (Lipinski definition) is 3. The van der Waals surface area contributed by atoms with Crippen LogP contribution in [0.1, 0.15) is 50.7 Å². The molecule has 8 aliphatic heterocycles. The Balaban J connectivity index is 1.26.